The number of nitrogens with one attached hydrogen (secondary N) is 1. The van der Waals surface area contributed by atoms with Gasteiger partial charge in [-0.25, -0.2) is 4.79 Å². The highest BCUT2D eigenvalue weighted by molar-refractivity contribution is 7.20. The first kappa shape index (κ1) is 19.5. The van der Waals surface area contributed by atoms with Crippen molar-refractivity contribution in [3.8, 4) is 10.4 Å². The quantitative estimate of drug-likeness (QED) is 0.738. The molecule has 2 heterocycles. The number of rotatable bonds is 7. The molecular weight excluding hydrogens is 364 g/mol. The van der Waals surface area contributed by atoms with Gasteiger partial charge in [0.05, 0.1) is 25.4 Å². The summed E-state index contributed by atoms with van der Waals surface area (Å²) < 4.78 is 10.5. The molecule has 1 aromatic heterocycles. The molecule has 27 heavy (non-hydrogen) atoms. The van der Waals surface area contributed by atoms with Crippen LogP contribution in [0.25, 0.3) is 10.4 Å². The van der Waals surface area contributed by atoms with Crippen molar-refractivity contribution in [2.75, 3.05) is 44.8 Å². The molecule has 3 rings (SSSR count). The van der Waals surface area contributed by atoms with Gasteiger partial charge in [0.1, 0.15) is 5.00 Å². The SMILES string of the molecule is CCOC(=O)c1cc(-c2ccccc2)sc1NC(=O)CCN1CCOCC1. The second-order valence-corrected chi connectivity index (χ2v) is 7.24. The largest absolute Gasteiger partial charge is 0.462 e. The monoisotopic (exact) mass is 388 g/mol. The van der Waals surface area contributed by atoms with Gasteiger partial charge >= 0.3 is 5.97 Å². The average Bonchev–Trinajstić information content (AvgIpc) is 3.12. The fourth-order valence-electron chi connectivity index (χ4n) is 2.86. The van der Waals surface area contributed by atoms with Crippen molar-refractivity contribution in [1.29, 1.82) is 0 Å². The summed E-state index contributed by atoms with van der Waals surface area (Å²) in [6.07, 6.45) is 0.376. The molecule has 1 N–H and O–H groups in total. The molecule has 1 aliphatic heterocycles. The zero-order chi connectivity index (χ0) is 19.1. The van der Waals surface area contributed by atoms with E-state index in [9.17, 15) is 9.59 Å². The Kier molecular flexibility index (Phi) is 6.98. The van der Waals surface area contributed by atoms with E-state index in [0.717, 1.165) is 23.5 Å². The lowest BCUT2D eigenvalue weighted by molar-refractivity contribution is -0.116. The Morgan fingerprint density at radius 1 is 1.22 bits per heavy atom. The van der Waals surface area contributed by atoms with Crippen LogP contribution in [0.3, 0.4) is 0 Å². The van der Waals surface area contributed by atoms with Crippen LogP contribution in [0.2, 0.25) is 0 Å². The lowest BCUT2D eigenvalue weighted by Gasteiger charge is -2.26. The van der Waals surface area contributed by atoms with E-state index in [1.54, 1.807) is 13.0 Å². The Labute approximate surface area is 163 Å². The highest BCUT2D eigenvalue weighted by atomic mass is 32.1. The van der Waals surface area contributed by atoms with Gasteiger partial charge in [0.2, 0.25) is 5.91 Å². The van der Waals surface area contributed by atoms with Crippen molar-refractivity contribution in [3.05, 3.63) is 42.0 Å². The van der Waals surface area contributed by atoms with E-state index >= 15 is 0 Å². The molecule has 1 saturated heterocycles. The minimum atomic E-state index is -0.417. The molecular formula is C20H24N2O4S. The van der Waals surface area contributed by atoms with Crippen molar-refractivity contribution < 1.29 is 19.1 Å². The summed E-state index contributed by atoms with van der Waals surface area (Å²) in [5.41, 5.74) is 1.40. The van der Waals surface area contributed by atoms with Crippen LogP contribution < -0.4 is 5.32 Å². The highest BCUT2D eigenvalue weighted by Crippen LogP contribution is 2.36. The first-order valence-electron chi connectivity index (χ1n) is 9.13. The van der Waals surface area contributed by atoms with E-state index in [0.29, 0.717) is 43.4 Å². The summed E-state index contributed by atoms with van der Waals surface area (Å²) in [5.74, 6) is -0.520. The minimum absolute atomic E-state index is 0.103. The fourth-order valence-corrected chi connectivity index (χ4v) is 3.93. The van der Waals surface area contributed by atoms with E-state index in [2.05, 4.69) is 10.2 Å². The van der Waals surface area contributed by atoms with Crippen LogP contribution >= 0.6 is 11.3 Å². The van der Waals surface area contributed by atoms with E-state index < -0.39 is 5.97 Å². The first-order chi connectivity index (χ1) is 13.2. The number of anilines is 1. The predicted octanol–water partition coefficient (Wildman–Crippen LogP) is 3.25. The maximum atomic E-state index is 12.4. The third-order valence-electron chi connectivity index (χ3n) is 4.30. The standard InChI is InChI=1S/C20H24N2O4S/c1-2-26-20(24)16-14-17(15-6-4-3-5-7-15)27-19(16)21-18(23)8-9-22-10-12-25-13-11-22/h3-7,14H,2,8-13H2,1H3,(H,21,23). The molecule has 0 radical (unpaired) electrons. The van der Waals surface area contributed by atoms with Crippen molar-refractivity contribution in [1.82, 2.24) is 4.90 Å². The second kappa shape index (κ2) is 9.64. The van der Waals surface area contributed by atoms with Gasteiger partial charge in [0.15, 0.2) is 0 Å². The number of hydrogen-bond donors (Lipinski definition) is 1. The Bertz CT molecular complexity index is 770. The van der Waals surface area contributed by atoms with Crippen molar-refractivity contribution in [2.45, 2.75) is 13.3 Å². The summed E-state index contributed by atoms with van der Waals surface area (Å²) in [5, 5.41) is 3.44. The summed E-state index contributed by atoms with van der Waals surface area (Å²) in [6, 6.07) is 11.6. The van der Waals surface area contributed by atoms with E-state index in [1.807, 2.05) is 30.3 Å². The van der Waals surface area contributed by atoms with Crippen LogP contribution in [-0.4, -0.2) is 56.2 Å². The Morgan fingerprint density at radius 2 is 1.96 bits per heavy atom. The van der Waals surface area contributed by atoms with E-state index in [-0.39, 0.29) is 5.91 Å². The maximum absolute atomic E-state index is 12.4. The zero-order valence-electron chi connectivity index (χ0n) is 15.4. The molecule has 2 aromatic rings. The third kappa shape index (κ3) is 5.38. The number of nitrogens with zero attached hydrogens (tertiary/aromatic N) is 1. The summed E-state index contributed by atoms with van der Waals surface area (Å²) in [4.78, 5) is 27.9. The molecule has 0 unspecified atom stereocenters. The first-order valence-corrected chi connectivity index (χ1v) is 9.95. The number of morpholine rings is 1. The number of thiophene rings is 1. The number of benzene rings is 1. The van der Waals surface area contributed by atoms with Crippen molar-refractivity contribution >= 4 is 28.2 Å². The molecule has 0 atom stereocenters. The fraction of sp³-hybridized carbons (Fsp3) is 0.400. The van der Waals surface area contributed by atoms with Crippen LogP contribution in [0, 0.1) is 0 Å². The summed E-state index contributed by atoms with van der Waals surface area (Å²) >= 11 is 1.39. The molecule has 1 aliphatic rings. The molecule has 1 aromatic carbocycles. The van der Waals surface area contributed by atoms with Crippen LogP contribution in [-0.2, 0) is 14.3 Å². The van der Waals surface area contributed by atoms with Gasteiger partial charge < -0.3 is 14.8 Å². The number of ether oxygens (including phenoxy) is 2. The molecule has 0 bridgehead atoms. The molecule has 144 valence electrons. The van der Waals surface area contributed by atoms with Crippen molar-refractivity contribution in [2.24, 2.45) is 0 Å². The second-order valence-electron chi connectivity index (χ2n) is 6.19. The smallest absolute Gasteiger partial charge is 0.341 e. The molecule has 0 spiro atoms. The minimum Gasteiger partial charge on any atom is -0.462 e. The van der Waals surface area contributed by atoms with Crippen LogP contribution in [0.15, 0.2) is 36.4 Å². The van der Waals surface area contributed by atoms with Crippen LogP contribution in [0.4, 0.5) is 5.00 Å². The van der Waals surface area contributed by atoms with Crippen LogP contribution in [0.5, 0.6) is 0 Å². The predicted molar refractivity (Wildman–Crippen MR) is 106 cm³/mol. The maximum Gasteiger partial charge on any atom is 0.341 e. The Morgan fingerprint density at radius 3 is 2.67 bits per heavy atom. The summed E-state index contributed by atoms with van der Waals surface area (Å²) in [6.45, 7) is 5.85. The summed E-state index contributed by atoms with van der Waals surface area (Å²) in [7, 11) is 0. The molecule has 0 aliphatic carbocycles. The lowest BCUT2D eigenvalue weighted by Crippen LogP contribution is -2.38. The van der Waals surface area contributed by atoms with Gasteiger partial charge in [-0.15, -0.1) is 11.3 Å². The van der Waals surface area contributed by atoms with Crippen LogP contribution in [0.1, 0.15) is 23.7 Å². The van der Waals surface area contributed by atoms with Gasteiger partial charge in [-0.3, -0.25) is 9.69 Å². The number of carbonyl (C=O) groups is 2. The highest BCUT2D eigenvalue weighted by Gasteiger charge is 2.20. The Hall–Kier alpha value is -2.22. The number of amides is 1. The average molecular weight is 388 g/mol. The topological polar surface area (TPSA) is 67.9 Å². The molecule has 7 heteroatoms. The van der Waals surface area contributed by atoms with Gasteiger partial charge in [-0.2, -0.15) is 0 Å². The van der Waals surface area contributed by atoms with Gasteiger partial charge in [-0.05, 0) is 18.6 Å². The number of hydrogen-bond acceptors (Lipinski definition) is 6. The Balaban J connectivity index is 1.71. The third-order valence-corrected chi connectivity index (χ3v) is 5.40. The van der Waals surface area contributed by atoms with Gasteiger partial charge in [0.25, 0.3) is 0 Å². The number of carbonyl (C=O) groups excluding carboxylic acids is 2. The zero-order valence-corrected chi connectivity index (χ0v) is 16.2. The van der Waals surface area contributed by atoms with Gasteiger partial charge in [0, 0.05) is 30.9 Å². The molecule has 1 fully saturated rings. The van der Waals surface area contributed by atoms with Crippen molar-refractivity contribution in [3.63, 3.8) is 0 Å². The number of esters is 1. The normalized spacial score (nSPS) is 14.7. The lowest BCUT2D eigenvalue weighted by atomic mass is 10.1. The van der Waals surface area contributed by atoms with Gasteiger partial charge in [-0.1, -0.05) is 30.3 Å². The molecule has 1 amide bonds. The molecule has 0 saturated carbocycles. The molecule has 6 nitrogen and oxygen atoms in total. The van der Waals surface area contributed by atoms with E-state index in [1.165, 1.54) is 11.3 Å². The van der Waals surface area contributed by atoms with E-state index in [4.69, 9.17) is 9.47 Å².